The zero-order chi connectivity index (χ0) is 25.2. The maximum Gasteiger partial charge on any atom is 0.162 e. The molecule has 0 amide bonds. The van der Waals surface area contributed by atoms with E-state index in [0.29, 0.717) is 60.3 Å². The molecule has 35 heavy (non-hydrogen) atoms. The Kier molecular flexibility index (Phi) is 7.20. The summed E-state index contributed by atoms with van der Waals surface area (Å²) in [5, 5.41) is 10.8. The number of rotatable bonds is 7. The first-order valence-corrected chi connectivity index (χ1v) is 12.0. The van der Waals surface area contributed by atoms with Gasteiger partial charge in [0, 0.05) is 36.4 Å². The van der Waals surface area contributed by atoms with E-state index in [-0.39, 0.29) is 11.2 Å². The fraction of sp³-hybridized carbons (Fsp3) is 0.357. The molecule has 0 bridgehead atoms. The van der Waals surface area contributed by atoms with E-state index in [4.69, 9.17) is 26.8 Å². The minimum Gasteiger partial charge on any atom is -0.489 e. The van der Waals surface area contributed by atoms with Gasteiger partial charge in [0.25, 0.3) is 0 Å². The number of carbonyl (C=O) groups excluding carboxylic acids is 1. The molecule has 0 spiro atoms. The van der Waals surface area contributed by atoms with Crippen molar-refractivity contribution < 1.29 is 14.3 Å². The van der Waals surface area contributed by atoms with Crippen LogP contribution in [0, 0.1) is 16.7 Å². The monoisotopic (exact) mass is 491 g/mol. The lowest BCUT2D eigenvalue weighted by molar-refractivity contribution is -0.118. The highest BCUT2D eigenvalue weighted by molar-refractivity contribution is 6.30. The van der Waals surface area contributed by atoms with E-state index < -0.39 is 5.92 Å². The maximum absolute atomic E-state index is 13.4. The summed E-state index contributed by atoms with van der Waals surface area (Å²) in [7, 11) is 1.62. The number of nitriles is 1. The Labute approximate surface area is 211 Å². The van der Waals surface area contributed by atoms with Gasteiger partial charge in [0.1, 0.15) is 18.2 Å². The summed E-state index contributed by atoms with van der Waals surface area (Å²) in [6.07, 6.45) is 1.14. The van der Waals surface area contributed by atoms with Gasteiger partial charge in [-0.05, 0) is 47.2 Å². The lowest BCUT2D eigenvalue weighted by Crippen LogP contribution is -2.43. The second-order valence-electron chi connectivity index (χ2n) is 9.77. The van der Waals surface area contributed by atoms with Gasteiger partial charge in [-0.1, -0.05) is 49.7 Å². The van der Waals surface area contributed by atoms with Crippen LogP contribution in [0.15, 0.2) is 71.2 Å². The van der Waals surface area contributed by atoms with Crippen molar-refractivity contribution in [3.8, 4) is 11.8 Å². The number of nitrogens with zero attached hydrogens (tertiary/aromatic N) is 2. The van der Waals surface area contributed by atoms with Crippen LogP contribution in [0.4, 0.5) is 0 Å². The molecule has 0 unspecified atom stereocenters. The minimum atomic E-state index is -0.497. The van der Waals surface area contributed by atoms with Crippen LogP contribution >= 0.6 is 11.6 Å². The number of allylic oxidation sites excluding steroid dienone is 3. The predicted molar refractivity (Wildman–Crippen MR) is 135 cm³/mol. The van der Waals surface area contributed by atoms with Crippen molar-refractivity contribution in [2.45, 2.75) is 39.2 Å². The van der Waals surface area contributed by atoms with Crippen molar-refractivity contribution >= 4 is 17.4 Å². The Morgan fingerprint density at radius 3 is 2.46 bits per heavy atom. The number of hydrogen-bond acceptors (Lipinski definition) is 6. The van der Waals surface area contributed by atoms with Crippen LogP contribution in [0.1, 0.15) is 43.7 Å². The van der Waals surface area contributed by atoms with Gasteiger partial charge < -0.3 is 20.1 Å². The Morgan fingerprint density at radius 1 is 1.14 bits per heavy atom. The van der Waals surface area contributed by atoms with Crippen molar-refractivity contribution in [1.82, 2.24) is 4.90 Å². The third-order valence-corrected chi connectivity index (χ3v) is 6.79. The molecule has 182 valence electrons. The molecule has 1 atom stereocenters. The van der Waals surface area contributed by atoms with Crippen molar-refractivity contribution in [1.29, 1.82) is 5.26 Å². The fourth-order valence-electron chi connectivity index (χ4n) is 4.85. The lowest BCUT2D eigenvalue weighted by Gasteiger charge is -2.43. The minimum absolute atomic E-state index is 0.0620. The van der Waals surface area contributed by atoms with Crippen molar-refractivity contribution in [3.05, 3.63) is 87.3 Å². The Morgan fingerprint density at radius 2 is 1.83 bits per heavy atom. The molecule has 4 rings (SSSR count). The average molecular weight is 492 g/mol. The molecule has 0 saturated carbocycles. The highest BCUT2D eigenvalue weighted by Crippen LogP contribution is 2.49. The fourth-order valence-corrected chi connectivity index (χ4v) is 4.98. The number of ketones is 1. The number of benzene rings is 2. The van der Waals surface area contributed by atoms with Crippen LogP contribution in [-0.2, 0) is 16.1 Å². The summed E-state index contributed by atoms with van der Waals surface area (Å²) in [6.45, 7) is 5.51. The zero-order valence-electron chi connectivity index (χ0n) is 20.3. The van der Waals surface area contributed by atoms with Gasteiger partial charge in [0.2, 0.25) is 0 Å². The first kappa shape index (κ1) is 24.8. The second kappa shape index (κ2) is 10.2. The molecule has 2 aromatic carbocycles. The molecule has 2 N–H and O–H groups in total. The standard InChI is InChI=1S/C28H30ClN3O3/c1-28(2)14-23-26(24(33)15-28)25(22(16-30)27(31)32(23)12-13-34-3)19-6-10-21(11-7-19)35-17-18-4-8-20(29)9-5-18/h4-11,25H,12-15,17,31H2,1-3H3/t25-/m1/s1. The summed E-state index contributed by atoms with van der Waals surface area (Å²) in [5.74, 6) is 0.651. The van der Waals surface area contributed by atoms with E-state index >= 15 is 0 Å². The molecule has 7 heteroatoms. The smallest absolute Gasteiger partial charge is 0.162 e. The van der Waals surface area contributed by atoms with Gasteiger partial charge in [0.15, 0.2) is 5.78 Å². The van der Waals surface area contributed by atoms with Crippen LogP contribution in [-0.4, -0.2) is 30.9 Å². The van der Waals surface area contributed by atoms with Crippen LogP contribution in [0.25, 0.3) is 0 Å². The predicted octanol–water partition coefficient (Wildman–Crippen LogP) is 5.30. The summed E-state index contributed by atoms with van der Waals surface area (Å²) >= 11 is 5.95. The number of halogens is 1. The largest absolute Gasteiger partial charge is 0.489 e. The van der Waals surface area contributed by atoms with Crippen LogP contribution < -0.4 is 10.5 Å². The van der Waals surface area contributed by atoms with E-state index in [0.717, 1.165) is 16.8 Å². The quantitative estimate of drug-likeness (QED) is 0.565. The van der Waals surface area contributed by atoms with Crippen LogP contribution in [0.2, 0.25) is 5.02 Å². The summed E-state index contributed by atoms with van der Waals surface area (Å²) in [5.41, 5.74) is 10.2. The zero-order valence-corrected chi connectivity index (χ0v) is 21.1. The van der Waals surface area contributed by atoms with E-state index in [2.05, 4.69) is 19.9 Å². The molecular weight excluding hydrogens is 462 g/mol. The first-order chi connectivity index (χ1) is 16.7. The average Bonchev–Trinajstić information content (AvgIpc) is 2.82. The van der Waals surface area contributed by atoms with E-state index in [1.165, 1.54) is 0 Å². The van der Waals surface area contributed by atoms with Crippen molar-refractivity contribution in [3.63, 3.8) is 0 Å². The molecule has 6 nitrogen and oxygen atoms in total. The highest BCUT2D eigenvalue weighted by Gasteiger charge is 2.44. The van der Waals surface area contributed by atoms with E-state index in [1.807, 2.05) is 53.4 Å². The molecule has 1 aliphatic heterocycles. The summed E-state index contributed by atoms with van der Waals surface area (Å²) in [4.78, 5) is 15.3. The van der Waals surface area contributed by atoms with Gasteiger partial charge in [0.05, 0.1) is 24.2 Å². The van der Waals surface area contributed by atoms with Gasteiger partial charge in [-0.3, -0.25) is 4.79 Å². The van der Waals surface area contributed by atoms with Crippen LogP contribution in [0.3, 0.4) is 0 Å². The van der Waals surface area contributed by atoms with Gasteiger partial charge >= 0.3 is 0 Å². The first-order valence-electron chi connectivity index (χ1n) is 11.6. The lowest BCUT2D eigenvalue weighted by atomic mass is 9.68. The van der Waals surface area contributed by atoms with Crippen LogP contribution in [0.5, 0.6) is 5.75 Å². The normalized spacial score (nSPS) is 19.5. The van der Waals surface area contributed by atoms with Gasteiger partial charge in [-0.15, -0.1) is 0 Å². The Balaban J connectivity index is 1.67. The maximum atomic E-state index is 13.4. The molecule has 0 saturated heterocycles. The molecule has 2 aromatic rings. The number of nitrogens with two attached hydrogens (primary N) is 1. The molecule has 0 radical (unpaired) electrons. The van der Waals surface area contributed by atoms with Gasteiger partial charge in [-0.25, -0.2) is 0 Å². The van der Waals surface area contributed by atoms with E-state index in [9.17, 15) is 10.1 Å². The second-order valence-corrected chi connectivity index (χ2v) is 10.2. The number of Topliss-reactive ketones (excluding diaryl/α,β-unsaturated/α-hetero) is 1. The third-order valence-electron chi connectivity index (χ3n) is 6.54. The SMILES string of the molecule is COCCN1C(N)=C(C#N)[C@@H](c2ccc(OCc3ccc(Cl)cc3)cc2)C2=C1CC(C)(C)CC2=O. The van der Waals surface area contributed by atoms with Crippen molar-refractivity contribution in [2.75, 3.05) is 20.3 Å². The Hall–Kier alpha value is -3.27. The molecule has 0 fully saturated rings. The third kappa shape index (κ3) is 5.22. The highest BCUT2D eigenvalue weighted by atomic mass is 35.5. The Bertz CT molecular complexity index is 1210. The molecule has 0 aromatic heterocycles. The number of methoxy groups -OCH3 is 1. The van der Waals surface area contributed by atoms with E-state index in [1.54, 1.807) is 7.11 Å². The van der Waals surface area contributed by atoms with Gasteiger partial charge in [-0.2, -0.15) is 5.26 Å². The number of ether oxygens (including phenoxy) is 2. The summed E-state index contributed by atoms with van der Waals surface area (Å²) < 4.78 is 11.2. The molecule has 1 heterocycles. The summed E-state index contributed by atoms with van der Waals surface area (Å²) in [6, 6.07) is 17.4. The molecule has 2 aliphatic rings. The molecular formula is C28H30ClN3O3. The number of hydrogen-bond donors (Lipinski definition) is 1. The van der Waals surface area contributed by atoms with Crippen molar-refractivity contribution in [2.24, 2.45) is 11.1 Å². The number of carbonyl (C=O) groups is 1. The molecule has 1 aliphatic carbocycles. The topological polar surface area (TPSA) is 88.6 Å².